The van der Waals surface area contributed by atoms with Gasteiger partial charge in [0.2, 0.25) is 0 Å². The predicted octanol–water partition coefficient (Wildman–Crippen LogP) is 5.10. The molecule has 1 saturated heterocycles. The Hall–Kier alpha value is -3.97. The summed E-state index contributed by atoms with van der Waals surface area (Å²) in [7, 11) is 0. The van der Waals surface area contributed by atoms with Crippen LogP contribution in [0.3, 0.4) is 0 Å². The molecule has 1 aliphatic heterocycles. The Kier molecular flexibility index (Phi) is 5.62. The molecule has 4 aromatic rings. The molecule has 1 unspecified atom stereocenters. The largest absolute Gasteiger partial charge is 0.334 e. The molecule has 3 amide bonds. The molecule has 1 aliphatic rings. The van der Waals surface area contributed by atoms with Gasteiger partial charge in [-0.05, 0) is 23.3 Å². The standard InChI is InChI=1S/C25H19ClN4O3/c26-20-14-8-7-13-19(20)23-27-21(28-33-23)16-30-24(31)22(18-11-5-2-6-12-18)29(25(30)32)15-17-9-3-1-4-10-17/h1-14,22H,15-16H2. The van der Waals surface area contributed by atoms with E-state index in [9.17, 15) is 9.59 Å². The molecular weight excluding hydrogens is 440 g/mol. The van der Waals surface area contributed by atoms with Crippen LogP contribution in [0.1, 0.15) is 23.0 Å². The number of rotatable bonds is 6. The summed E-state index contributed by atoms with van der Waals surface area (Å²) in [6.07, 6.45) is 0. The van der Waals surface area contributed by atoms with E-state index < -0.39 is 12.1 Å². The number of benzene rings is 3. The van der Waals surface area contributed by atoms with Crippen molar-refractivity contribution in [2.24, 2.45) is 0 Å². The molecule has 0 aliphatic carbocycles. The molecule has 164 valence electrons. The highest BCUT2D eigenvalue weighted by Crippen LogP contribution is 2.33. The third kappa shape index (κ3) is 4.10. The fraction of sp³-hybridized carbons (Fsp3) is 0.120. The van der Waals surface area contributed by atoms with E-state index in [1.165, 1.54) is 4.90 Å². The van der Waals surface area contributed by atoms with Crippen molar-refractivity contribution in [2.45, 2.75) is 19.1 Å². The van der Waals surface area contributed by atoms with Crippen molar-refractivity contribution in [1.29, 1.82) is 0 Å². The SMILES string of the molecule is O=C1C(c2ccccc2)N(Cc2ccccc2)C(=O)N1Cc1noc(-c2ccccc2Cl)n1. The number of urea groups is 1. The van der Waals surface area contributed by atoms with Gasteiger partial charge in [-0.1, -0.05) is 89.6 Å². The van der Waals surface area contributed by atoms with Gasteiger partial charge in [-0.25, -0.2) is 4.79 Å². The molecule has 0 bridgehead atoms. The van der Waals surface area contributed by atoms with Gasteiger partial charge >= 0.3 is 6.03 Å². The number of halogens is 1. The molecule has 3 aromatic carbocycles. The first-order chi connectivity index (χ1) is 16.1. The second-order valence-corrected chi connectivity index (χ2v) is 8.04. The van der Waals surface area contributed by atoms with Gasteiger partial charge in [0, 0.05) is 6.54 Å². The molecule has 8 heteroatoms. The Balaban J connectivity index is 1.44. The van der Waals surface area contributed by atoms with Crippen LogP contribution in [0.15, 0.2) is 89.5 Å². The first-order valence-corrected chi connectivity index (χ1v) is 10.8. The van der Waals surface area contributed by atoms with Crippen LogP contribution in [0.2, 0.25) is 5.02 Å². The van der Waals surface area contributed by atoms with Crippen molar-refractivity contribution in [1.82, 2.24) is 19.9 Å². The number of carbonyl (C=O) groups excluding carboxylic acids is 2. The van der Waals surface area contributed by atoms with Gasteiger partial charge in [-0.2, -0.15) is 4.98 Å². The van der Waals surface area contributed by atoms with Gasteiger partial charge in [0.05, 0.1) is 17.1 Å². The lowest BCUT2D eigenvalue weighted by atomic mass is 10.1. The Bertz CT molecular complexity index is 1290. The van der Waals surface area contributed by atoms with Crippen molar-refractivity contribution in [3.05, 3.63) is 107 Å². The van der Waals surface area contributed by atoms with E-state index in [0.29, 0.717) is 17.1 Å². The van der Waals surface area contributed by atoms with Crippen LogP contribution in [0.4, 0.5) is 4.79 Å². The van der Waals surface area contributed by atoms with E-state index in [0.717, 1.165) is 11.1 Å². The lowest BCUT2D eigenvalue weighted by Gasteiger charge is -2.22. The maximum atomic E-state index is 13.4. The van der Waals surface area contributed by atoms with E-state index in [2.05, 4.69) is 10.1 Å². The Morgan fingerprint density at radius 2 is 1.52 bits per heavy atom. The molecular formula is C25H19ClN4O3. The highest BCUT2D eigenvalue weighted by atomic mass is 35.5. The van der Waals surface area contributed by atoms with Gasteiger partial charge < -0.3 is 9.42 Å². The number of nitrogens with zero attached hydrogens (tertiary/aromatic N) is 4. The summed E-state index contributed by atoms with van der Waals surface area (Å²) in [4.78, 5) is 33.9. The van der Waals surface area contributed by atoms with Crippen LogP contribution >= 0.6 is 11.6 Å². The Labute approximate surface area is 195 Å². The molecule has 0 radical (unpaired) electrons. The third-order valence-corrected chi connectivity index (χ3v) is 5.80. The second kappa shape index (κ2) is 8.88. The summed E-state index contributed by atoms with van der Waals surface area (Å²) in [5.41, 5.74) is 2.27. The van der Waals surface area contributed by atoms with Crippen LogP contribution in [0.25, 0.3) is 11.5 Å². The minimum Gasteiger partial charge on any atom is -0.334 e. The van der Waals surface area contributed by atoms with E-state index in [-0.39, 0.29) is 24.2 Å². The molecule has 0 N–H and O–H groups in total. The first kappa shape index (κ1) is 20.9. The van der Waals surface area contributed by atoms with Gasteiger partial charge in [0.25, 0.3) is 11.8 Å². The van der Waals surface area contributed by atoms with Crippen molar-refractivity contribution in [3.63, 3.8) is 0 Å². The highest BCUT2D eigenvalue weighted by Gasteiger charge is 2.46. The number of imide groups is 1. The minimum absolute atomic E-state index is 0.0970. The number of amides is 3. The van der Waals surface area contributed by atoms with Crippen molar-refractivity contribution < 1.29 is 14.1 Å². The maximum absolute atomic E-state index is 13.4. The summed E-state index contributed by atoms with van der Waals surface area (Å²) >= 11 is 6.21. The van der Waals surface area contributed by atoms with Crippen LogP contribution in [-0.2, 0) is 17.9 Å². The fourth-order valence-electron chi connectivity index (χ4n) is 3.89. The Morgan fingerprint density at radius 3 is 2.24 bits per heavy atom. The van der Waals surface area contributed by atoms with Crippen molar-refractivity contribution in [3.8, 4) is 11.5 Å². The van der Waals surface area contributed by atoms with Crippen molar-refractivity contribution in [2.75, 3.05) is 0 Å². The highest BCUT2D eigenvalue weighted by molar-refractivity contribution is 6.33. The number of hydrogen-bond donors (Lipinski definition) is 0. The molecule has 33 heavy (non-hydrogen) atoms. The summed E-state index contributed by atoms with van der Waals surface area (Å²) in [6, 6.07) is 24.8. The summed E-state index contributed by atoms with van der Waals surface area (Å²) in [5, 5.41) is 4.43. The molecule has 1 fully saturated rings. The molecule has 1 aromatic heterocycles. The monoisotopic (exact) mass is 458 g/mol. The zero-order valence-corrected chi connectivity index (χ0v) is 18.2. The second-order valence-electron chi connectivity index (χ2n) is 7.63. The van der Waals surface area contributed by atoms with Crippen LogP contribution in [0.5, 0.6) is 0 Å². The van der Waals surface area contributed by atoms with Crippen LogP contribution in [0, 0.1) is 0 Å². The van der Waals surface area contributed by atoms with Crippen LogP contribution < -0.4 is 0 Å². The first-order valence-electron chi connectivity index (χ1n) is 10.4. The molecule has 2 heterocycles. The van der Waals surface area contributed by atoms with E-state index in [4.69, 9.17) is 16.1 Å². The zero-order valence-electron chi connectivity index (χ0n) is 17.5. The van der Waals surface area contributed by atoms with Crippen LogP contribution in [-0.4, -0.2) is 31.9 Å². The predicted molar refractivity (Wildman–Crippen MR) is 122 cm³/mol. The molecule has 7 nitrogen and oxygen atoms in total. The maximum Gasteiger partial charge on any atom is 0.328 e. The van der Waals surface area contributed by atoms with Crippen molar-refractivity contribution >= 4 is 23.5 Å². The average molecular weight is 459 g/mol. The van der Waals surface area contributed by atoms with E-state index >= 15 is 0 Å². The quantitative estimate of drug-likeness (QED) is 0.376. The van der Waals surface area contributed by atoms with Gasteiger partial charge in [0.1, 0.15) is 6.04 Å². The average Bonchev–Trinajstić information content (AvgIpc) is 3.39. The fourth-order valence-corrected chi connectivity index (χ4v) is 4.10. The Morgan fingerprint density at radius 1 is 0.848 bits per heavy atom. The van der Waals surface area contributed by atoms with Gasteiger partial charge in [0.15, 0.2) is 5.82 Å². The molecule has 1 atom stereocenters. The normalized spacial score (nSPS) is 16.0. The molecule has 0 saturated carbocycles. The molecule has 5 rings (SSSR count). The van der Waals surface area contributed by atoms with Gasteiger partial charge in [-0.15, -0.1) is 0 Å². The summed E-state index contributed by atoms with van der Waals surface area (Å²) in [5.74, 6) is 0.127. The third-order valence-electron chi connectivity index (χ3n) is 5.47. The van der Waals surface area contributed by atoms with E-state index in [1.54, 1.807) is 23.1 Å². The number of aromatic nitrogens is 2. The lowest BCUT2D eigenvalue weighted by Crippen LogP contribution is -2.32. The lowest BCUT2D eigenvalue weighted by molar-refractivity contribution is -0.129. The van der Waals surface area contributed by atoms with Gasteiger partial charge in [-0.3, -0.25) is 9.69 Å². The van der Waals surface area contributed by atoms with E-state index in [1.807, 2.05) is 66.7 Å². The molecule has 0 spiro atoms. The zero-order chi connectivity index (χ0) is 22.8. The smallest absolute Gasteiger partial charge is 0.328 e. The number of carbonyl (C=O) groups is 2. The summed E-state index contributed by atoms with van der Waals surface area (Å²) < 4.78 is 5.34. The number of hydrogen-bond acceptors (Lipinski definition) is 5. The topological polar surface area (TPSA) is 79.5 Å². The summed E-state index contributed by atoms with van der Waals surface area (Å²) in [6.45, 7) is 0.207. The minimum atomic E-state index is -0.728.